The van der Waals surface area contributed by atoms with E-state index in [2.05, 4.69) is 50.6 Å². The molecule has 1 atom stereocenters. The predicted molar refractivity (Wildman–Crippen MR) is 94.0 cm³/mol. The van der Waals surface area contributed by atoms with Crippen LogP contribution < -0.4 is 4.72 Å². The standard InChI is InChI=1S/C17H26N2O3S/c1-6-12-7-8-14-13(9-12)10-15(17(2,3)4)19(14)11-16(20)18-23(5,21)22/h7-10,16,18,20H,6,11H2,1-5H3. The number of aromatic nitrogens is 1. The minimum atomic E-state index is -3.45. The first-order chi connectivity index (χ1) is 10.5. The van der Waals surface area contributed by atoms with Crippen LogP contribution >= 0.6 is 0 Å². The summed E-state index contributed by atoms with van der Waals surface area (Å²) in [6.07, 6.45) is 0.847. The second kappa shape index (κ2) is 6.26. The lowest BCUT2D eigenvalue weighted by atomic mass is 9.92. The number of benzene rings is 1. The van der Waals surface area contributed by atoms with E-state index in [1.807, 2.05) is 10.6 Å². The van der Waals surface area contributed by atoms with E-state index in [4.69, 9.17) is 0 Å². The van der Waals surface area contributed by atoms with Crippen LogP contribution in [0.4, 0.5) is 0 Å². The molecule has 2 rings (SSSR count). The van der Waals surface area contributed by atoms with Gasteiger partial charge in [-0.25, -0.2) is 8.42 Å². The molecule has 2 aromatic rings. The number of aryl methyl sites for hydroxylation is 1. The summed E-state index contributed by atoms with van der Waals surface area (Å²) in [6, 6.07) is 8.39. The number of hydrogen-bond donors (Lipinski definition) is 2. The lowest BCUT2D eigenvalue weighted by Gasteiger charge is -2.24. The molecule has 5 nitrogen and oxygen atoms in total. The van der Waals surface area contributed by atoms with Crippen LogP contribution in [0.5, 0.6) is 0 Å². The van der Waals surface area contributed by atoms with E-state index in [1.165, 1.54) is 5.56 Å². The van der Waals surface area contributed by atoms with Crippen LogP contribution in [0.25, 0.3) is 10.9 Å². The molecule has 1 aromatic heterocycles. The monoisotopic (exact) mass is 338 g/mol. The van der Waals surface area contributed by atoms with Crippen molar-refractivity contribution in [2.45, 2.75) is 52.3 Å². The molecular formula is C17H26N2O3S. The highest BCUT2D eigenvalue weighted by molar-refractivity contribution is 7.88. The summed E-state index contributed by atoms with van der Waals surface area (Å²) in [6.45, 7) is 8.61. The molecule has 2 N–H and O–H groups in total. The Bertz CT molecular complexity index is 801. The fourth-order valence-corrected chi connectivity index (χ4v) is 3.38. The lowest BCUT2D eigenvalue weighted by Crippen LogP contribution is -2.37. The topological polar surface area (TPSA) is 71.3 Å². The first kappa shape index (κ1) is 18.0. The van der Waals surface area contributed by atoms with Crippen molar-refractivity contribution in [1.82, 2.24) is 9.29 Å². The first-order valence-electron chi connectivity index (χ1n) is 7.79. The van der Waals surface area contributed by atoms with Crippen molar-refractivity contribution in [3.05, 3.63) is 35.5 Å². The molecule has 1 aromatic carbocycles. The van der Waals surface area contributed by atoms with Gasteiger partial charge in [-0.1, -0.05) is 33.8 Å². The summed E-state index contributed by atoms with van der Waals surface area (Å²) in [7, 11) is -3.45. The molecule has 0 amide bonds. The molecule has 1 unspecified atom stereocenters. The Hall–Kier alpha value is -1.37. The van der Waals surface area contributed by atoms with Gasteiger partial charge in [0.15, 0.2) is 0 Å². The molecule has 0 bridgehead atoms. The second-order valence-electron chi connectivity index (χ2n) is 7.04. The maximum atomic E-state index is 11.3. The van der Waals surface area contributed by atoms with E-state index in [1.54, 1.807) is 0 Å². The summed E-state index contributed by atoms with van der Waals surface area (Å²) in [5.41, 5.74) is 3.21. The highest BCUT2D eigenvalue weighted by atomic mass is 32.2. The van der Waals surface area contributed by atoms with Gasteiger partial charge >= 0.3 is 0 Å². The lowest BCUT2D eigenvalue weighted by molar-refractivity contribution is 0.143. The van der Waals surface area contributed by atoms with E-state index in [0.717, 1.165) is 29.3 Å². The zero-order valence-corrected chi connectivity index (χ0v) is 15.2. The van der Waals surface area contributed by atoms with Gasteiger partial charge in [-0.05, 0) is 30.2 Å². The van der Waals surface area contributed by atoms with Crippen LogP contribution in [0.3, 0.4) is 0 Å². The van der Waals surface area contributed by atoms with Gasteiger partial charge in [0, 0.05) is 22.0 Å². The minimum Gasteiger partial charge on any atom is -0.376 e. The summed E-state index contributed by atoms with van der Waals surface area (Å²) in [5, 5.41) is 11.2. The molecule has 23 heavy (non-hydrogen) atoms. The van der Waals surface area contributed by atoms with Crippen LogP contribution in [0.2, 0.25) is 0 Å². The molecular weight excluding hydrogens is 312 g/mol. The summed E-state index contributed by atoms with van der Waals surface area (Å²) >= 11 is 0. The smallest absolute Gasteiger partial charge is 0.210 e. The van der Waals surface area contributed by atoms with Gasteiger partial charge in [-0.15, -0.1) is 0 Å². The third-order valence-electron chi connectivity index (χ3n) is 3.85. The fourth-order valence-electron chi connectivity index (χ4n) is 2.82. The van der Waals surface area contributed by atoms with Crippen LogP contribution in [-0.2, 0) is 28.4 Å². The number of nitrogens with one attached hydrogen (secondary N) is 1. The fraction of sp³-hybridized carbons (Fsp3) is 0.529. The van der Waals surface area contributed by atoms with Crippen molar-refractivity contribution in [2.24, 2.45) is 0 Å². The normalized spacial score (nSPS) is 14.3. The number of hydrogen-bond acceptors (Lipinski definition) is 3. The second-order valence-corrected chi connectivity index (χ2v) is 8.82. The number of aliphatic hydroxyl groups is 1. The molecule has 6 heteroatoms. The van der Waals surface area contributed by atoms with E-state index in [9.17, 15) is 13.5 Å². The quantitative estimate of drug-likeness (QED) is 0.822. The van der Waals surface area contributed by atoms with Gasteiger partial charge in [0.25, 0.3) is 0 Å². The number of nitrogens with zero attached hydrogens (tertiary/aromatic N) is 1. The highest BCUT2D eigenvalue weighted by Gasteiger charge is 2.23. The molecule has 0 aliphatic heterocycles. The molecule has 0 saturated heterocycles. The van der Waals surface area contributed by atoms with Gasteiger partial charge in [-0.3, -0.25) is 0 Å². The minimum absolute atomic E-state index is 0.115. The Morgan fingerprint density at radius 3 is 2.43 bits per heavy atom. The van der Waals surface area contributed by atoms with E-state index >= 15 is 0 Å². The Kier molecular flexibility index (Phi) is 4.89. The highest BCUT2D eigenvalue weighted by Crippen LogP contribution is 2.30. The maximum Gasteiger partial charge on any atom is 0.210 e. The van der Waals surface area contributed by atoms with Crippen molar-refractivity contribution >= 4 is 20.9 Å². The van der Waals surface area contributed by atoms with E-state index in [0.29, 0.717) is 0 Å². The Balaban J connectivity index is 2.51. The average molecular weight is 338 g/mol. The van der Waals surface area contributed by atoms with E-state index < -0.39 is 16.3 Å². The van der Waals surface area contributed by atoms with Crippen molar-refractivity contribution in [3.63, 3.8) is 0 Å². The summed E-state index contributed by atoms with van der Waals surface area (Å²) < 4.78 is 26.9. The average Bonchev–Trinajstić information content (AvgIpc) is 2.74. The van der Waals surface area contributed by atoms with Gasteiger partial charge < -0.3 is 9.67 Å². The molecule has 0 radical (unpaired) electrons. The van der Waals surface area contributed by atoms with E-state index in [-0.39, 0.29) is 12.0 Å². The molecule has 0 saturated carbocycles. The molecule has 0 fully saturated rings. The SMILES string of the molecule is CCc1ccc2c(c1)cc(C(C)(C)C)n2CC(O)NS(C)(=O)=O. The van der Waals surface area contributed by atoms with Crippen LogP contribution in [0, 0.1) is 0 Å². The van der Waals surface area contributed by atoms with Crippen LogP contribution in [0.1, 0.15) is 39.0 Å². The molecule has 0 aliphatic rings. The number of aliphatic hydroxyl groups excluding tert-OH is 1. The predicted octanol–water partition coefficient (Wildman–Crippen LogP) is 2.37. The number of fused-ring (bicyclic) bond motifs is 1. The zero-order valence-electron chi connectivity index (χ0n) is 14.4. The Labute approximate surface area is 138 Å². The summed E-state index contributed by atoms with van der Waals surface area (Å²) in [5.74, 6) is 0. The van der Waals surface area contributed by atoms with Crippen molar-refractivity contribution in [2.75, 3.05) is 6.26 Å². The number of rotatable bonds is 5. The van der Waals surface area contributed by atoms with Crippen molar-refractivity contribution in [3.8, 4) is 0 Å². The summed E-state index contributed by atoms with van der Waals surface area (Å²) in [4.78, 5) is 0. The van der Waals surface area contributed by atoms with Crippen molar-refractivity contribution in [1.29, 1.82) is 0 Å². The van der Waals surface area contributed by atoms with Crippen LogP contribution in [0.15, 0.2) is 24.3 Å². The number of sulfonamides is 1. The largest absolute Gasteiger partial charge is 0.376 e. The van der Waals surface area contributed by atoms with Crippen molar-refractivity contribution < 1.29 is 13.5 Å². The van der Waals surface area contributed by atoms with Gasteiger partial charge in [0.2, 0.25) is 10.0 Å². The third kappa shape index (κ3) is 4.34. The third-order valence-corrected chi connectivity index (χ3v) is 4.55. The van der Waals surface area contributed by atoms with Gasteiger partial charge in [0.05, 0.1) is 12.8 Å². The van der Waals surface area contributed by atoms with Crippen LogP contribution in [-0.4, -0.2) is 30.6 Å². The molecule has 128 valence electrons. The Morgan fingerprint density at radius 2 is 1.91 bits per heavy atom. The first-order valence-corrected chi connectivity index (χ1v) is 9.68. The Morgan fingerprint density at radius 1 is 1.26 bits per heavy atom. The zero-order chi connectivity index (χ0) is 17.4. The maximum absolute atomic E-state index is 11.3. The van der Waals surface area contributed by atoms with Gasteiger partial charge in [0.1, 0.15) is 6.23 Å². The van der Waals surface area contributed by atoms with Gasteiger partial charge in [-0.2, -0.15) is 4.72 Å². The molecule has 0 spiro atoms. The molecule has 1 heterocycles. The molecule has 0 aliphatic carbocycles.